The molecule has 26 heavy (non-hydrogen) atoms. The van der Waals surface area contributed by atoms with E-state index < -0.39 is 0 Å². The van der Waals surface area contributed by atoms with Gasteiger partial charge in [0, 0.05) is 45.1 Å². The first-order valence-corrected chi connectivity index (χ1v) is 9.15. The lowest BCUT2D eigenvalue weighted by Gasteiger charge is -2.26. The number of imidazole rings is 1. The van der Waals surface area contributed by atoms with E-state index in [4.69, 9.17) is 0 Å². The third kappa shape index (κ3) is 6.88. The summed E-state index contributed by atoms with van der Waals surface area (Å²) in [4.78, 5) is 20.7. The van der Waals surface area contributed by atoms with Gasteiger partial charge in [0.25, 0.3) is 0 Å². The van der Waals surface area contributed by atoms with Gasteiger partial charge in [-0.25, -0.2) is 9.78 Å². The number of hydrogen-bond donors (Lipinski definition) is 1. The molecule has 6 nitrogen and oxygen atoms in total. The highest BCUT2D eigenvalue weighted by atomic mass is 16.2. The first-order chi connectivity index (χ1) is 12.4. The number of amides is 2. The van der Waals surface area contributed by atoms with Crippen LogP contribution in [0.3, 0.4) is 0 Å². The molecule has 0 aliphatic heterocycles. The van der Waals surface area contributed by atoms with Gasteiger partial charge in [0.2, 0.25) is 0 Å². The highest BCUT2D eigenvalue weighted by Crippen LogP contribution is 2.08. The SMILES string of the molecule is CC(C)CN(CCN(C)C)C(=O)NCc1cccc(Cn2ccnc2)c1. The molecule has 2 rings (SSSR count). The number of urea groups is 1. The number of hydrogen-bond acceptors (Lipinski definition) is 3. The maximum Gasteiger partial charge on any atom is 0.317 e. The molecule has 0 fully saturated rings. The number of likely N-dealkylation sites (N-methyl/N-ethyl adjacent to an activating group) is 1. The van der Waals surface area contributed by atoms with E-state index >= 15 is 0 Å². The predicted octanol–water partition coefficient (Wildman–Crippen LogP) is 2.66. The van der Waals surface area contributed by atoms with Gasteiger partial charge in [0.05, 0.1) is 6.33 Å². The van der Waals surface area contributed by atoms with Crippen molar-refractivity contribution in [3.63, 3.8) is 0 Å². The lowest BCUT2D eigenvalue weighted by molar-refractivity contribution is 0.184. The van der Waals surface area contributed by atoms with Gasteiger partial charge in [-0.15, -0.1) is 0 Å². The minimum Gasteiger partial charge on any atom is -0.334 e. The molecular formula is C20H31N5O. The largest absolute Gasteiger partial charge is 0.334 e. The maximum atomic E-state index is 12.6. The number of aromatic nitrogens is 2. The normalized spacial score (nSPS) is 11.2. The molecule has 0 radical (unpaired) electrons. The van der Waals surface area contributed by atoms with Crippen LogP contribution in [0, 0.1) is 5.92 Å². The number of carbonyl (C=O) groups is 1. The van der Waals surface area contributed by atoms with Crippen LogP contribution in [0.1, 0.15) is 25.0 Å². The zero-order valence-corrected chi connectivity index (χ0v) is 16.4. The molecule has 0 unspecified atom stereocenters. The van der Waals surface area contributed by atoms with Crippen molar-refractivity contribution < 1.29 is 4.79 Å². The molecule has 0 aliphatic carbocycles. The molecule has 6 heteroatoms. The van der Waals surface area contributed by atoms with Crippen molar-refractivity contribution in [2.24, 2.45) is 5.92 Å². The summed E-state index contributed by atoms with van der Waals surface area (Å²) in [6.07, 6.45) is 5.53. The molecule has 2 amide bonds. The molecule has 0 saturated heterocycles. The van der Waals surface area contributed by atoms with E-state index in [-0.39, 0.29) is 6.03 Å². The number of rotatable bonds is 9. The molecule has 0 bridgehead atoms. The molecule has 1 aromatic heterocycles. The molecule has 0 aliphatic rings. The van der Waals surface area contributed by atoms with Crippen LogP contribution in [0.5, 0.6) is 0 Å². The summed E-state index contributed by atoms with van der Waals surface area (Å²) in [7, 11) is 4.05. The van der Waals surface area contributed by atoms with Crippen molar-refractivity contribution in [1.82, 2.24) is 24.7 Å². The van der Waals surface area contributed by atoms with Crippen LogP contribution in [0.2, 0.25) is 0 Å². The Morgan fingerprint density at radius 1 is 1.23 bits per heavy atom. The molecule has 1 N–H and O–H groups in total. The van der Waals surface area contributed by atoms with Crippen LogP contribution in [0.25, 0.3) is 0 Å². The molecule has 0 atom stereocenters. The van der Waals surface area contributed by atoms with Crippen molar-refractivity contribution >= 4 is 6.03 Å². The van der Waals surface area contributed by atoms with Crippen molar-refractivity contribution in [2.45, 2.75) is 26.9 Å². The quantitative estimate of drug-likeness (QED) is 0.751. The average molecular weight is 358 g/mol. The predicted molar refractivity (Wildman–Crippen MR) is 105 cm³/mol. The maximum absolute atomic E-state index is 12.6. The standard InChI is InChI=1S/C20H31N5O/c1-17(2)14-25(11-10-23(3)4)20(26)22-13-18-6-5-7-19(12-18)15-24-9-8-21-16-24/h5-9,12,16-17H,10-11,13-15H2,1-4H3,(H,22,26). The number of nitrogens with one attached hydrogen (secondary N) is 1. The summed E-state index contributed by atoms with van der Waals surface area (Å²) in [5, 5.41) is 3.06. The Bertz CT molecular complexity index is 667. The van der Waals surface area contributed by atoms with Crippen LogP contribution >= 0.6 is 0 Å². The fourth-order valence-electron chi connectivity index (χ4n) is 2.76. The van der Waals surface area contributed by atoms with Crippen LogP contribution < -0.4 is 5.32 Å². The summed E-state index contributed by atoms with van der Waals surface area (Å²) in [5.41, 5.74) is 2.30. The van der Waals surface area contributed by atoms with Crippen LogP contribution in [0.15, 0.2) is 43.0 Å². The summed E-state index contributed by atoms with van der Waals surface area (Å²) in [6.45, 7) is 7.95. The van der Waals surface area contributed by atoms with E-state index in [2.05, 4.69) is 41.2 Å². The summed E-state index contributed by atoms with van der Waals surface area (Å²) >= 11 is 0. The van der Waals surface area contributed by atoms with Crippen LogP contribution in [-0.2, 0) is 13.1 Å². The van der Waals surface area contributed by atoms with Crippen molar-refractivity contribution in [3.8, 4) is 0 Å². The van der Waals surface area contributed by atoms with Gasteiger partial charge in [-0.05, 0) is 31.1 Å². The zero-order valence-electron chi connectivity index (χ0n) is 16.4. The number of benzene rings is 1. The highest BCUT2D eigenvalue weighted by Gasteiger charge is 2.14. The minimum absolute atomic E-state index is 0.000521. The molecule has 1 heterocycles. The van der Waals surface area contributed by atoms with E-state index in [0.717, 1.165) is 31.7 Å². The van der Waals surface area contributed by atoms with Gasteiger partial charge in [-0.3, -0.25) is 0 Å². The Hall–Kier alpha value is -2.34. The van der Waals surface area contributed by atoms with E-state index in [1.807, 2.05) is 48.2 Å². The monoisotopic (exact) mass is 357 g/mol. The van der Waals surface area contributed by atoms with Gasteiger partial charge >= 0.3 is 6.03 Å². The van der Waals surface area contributed by atoms with Crippen molar-refractivity contribution in [3.05, 3.63) is 54.1 Å². The molecule has 1 aromatic carbocycles. The van der Waals surface area contributed by atoms with Gasteiger partial charge in [0.1, 0.15) is 0 Å². The Balaban J connectivity index is 1.91. The third-order valence-corrected chi connectivity index (χ3v) is 4.05. The number of carbonyl (C=O) groups excluding carboxylic acids is 1. The molecule has 142 valence electrons. The molecular weight excluding hydrogens is 326 g/mol. The Labute approximate surface area is 156 Å². The highest BCUT2D eigenvalue weighted by molar-refractivity contribution is 5.74. The van der Waals surface area contributed by atoms with Gasteiger partial charge < -0.3 is 19.7 Å². The number of nitrogens with zero attached hydrogens (tertiary/aromatic N) is 4. The molecule has 0 saturated carbocycles. The first-order valence-electron chi connectivity index (χ1n) is 9.15. The first kappa shape index (κ1) is 20.0. The van der Waals surface area contributed by atoms with Crippen molar-refractivity contribution in [1.29, 1.82) is 0 Å². The zero-order chi connectivity index (χ0) is 18.9. The third-order valence-electron chi connectivity index (χ3n) is 4.05. The van der Waals surface area contributed by atoms with Crippen molar-refractivity contribution in [2.75, 3.05) is 33.7 Å². The smallest absolute Gasteiger partial charge is 0.317 e. The Morgan fingerprint density at radius 2 is 2.00 bits per heavy atom. The van der Waals surface area contributed by atoms with E-state index in [0.29, 0.717) is 12.5 Å². The van der Waals surface area contributed by atoms with E-state index in [1.54, 1.807) is 6.20 Å². The summed E-state index contributed by atoms with van der Waals surface area (Å²) in [5.74, 6) is 0.446. The fraction of sp³-hybridized carbons (Fsp3) is 0.500. The molecule has 0 spiro atoms. The van der Waals surface area contributed by atoms with Gasteiger partial charge in [0.15, 0.2) is 0 Å². The second kappa shape index (κ2) is 9.97. The lowest BCUT2D eigenvalue weighted by atomic mass is 10.1. The van der Waals surface area contributed by atoms with Gasteiger partial charge in [-0.1, -0.05) is 38.1 Å². The second-order valence-corrected chi connectivity index (χ2v) is 7.36. The second-order valence-electron chi connectivity index (χ2n) is 7.36. The minimum atomic E-state index is 0.000521. The van der Waals surface area contributed by atoms with Crippen LogP contribution in [0.4, 0.5) is 4.79 Å². The topological polar surface area (TPSA) is 53.4 Å². The Morgan fingerprint density at radius 3 is 2.65 bits per heavy atom. The summed E-state index contributed by atoms with van der Waals surface area (Å²) < 4.78 is 2.03. The fourth-order valence-corrected chi connectivity index (χ4v) is 2.76. The molecule has 2 aromatic rings. The van der Waals surface area contributed by atoms with Crippen LogP contribution in [-0.4, -0.2) is 59.1 Å². The summed E-state index contributed by atoms with van der Waals surface area (Å²) in [6, 6.07) is 8.30. The van der Waals surface area contributed by atoms with E-state index in [1.165, 1.54) is 5.56 Å². The van der Waals surface area contributed by atoms with Gasteiger partial charge in [-0.2, -0.15) is 0 Å². The Kier molecular flexibility index (Phi) is 7.66. The lowest BCUT2D eigenvalue weighted by Crippen LogP contribution is -2.44. The van der Waals surface area contributed by atoms with E-state index in [9.17, 15) is 4.79 Å². The average Bonchev–Trinajstić information content (AvgIpc) is 3.09.